The van der Waals surface area contributed by atoms with Crippen LogP contribution in [-0.2, 0) is 0 Å². The zero-order valence-electron chi connectivity index (χ0n) is 16.8. The van der Waals surface area contributed by atoms with Crippen LogP contribution in [0.4, 0.5) is 16.2 Å². The minimum absolute atomic E-state index is 0.0102. The van der Waals surface area contributed by atoms with Gasteiger partial charge in [0.25, 0.3) is 0 Å². The molecule has 2 aromatic rings. The molecule has 148 valence electrons. The molecule has 4 nitrogen and oxygen atoms in total. The van der Waals surface area contributed by atoms with Crippen molar-refractivity contribution in [2.24, 2.45) is 0 Å². The van der Waals surface area contributed by atoms with Crippen molar-refractivity contribution in [3.8, 4) is 0 Å². The van der Waals surface area contributed by atoms with Crippen LogP contribution in [0.15, 0.2) is 42.5 Å². The van der Waals surface area contributed by atoms with Crippen LogP contribution in [0.25, 0.3) is 0 Å². The van der Waals surface area contributed by atoms with Crippen molar-refractivity contribution >= 4 is 29.2 Å². The lowest BCUT2D eigenvalue weighted by Gasteiger charge is -2.29. The van der Waals surface area contributed by atoms with Crippen LogP contribution < -0.4 is 10.2 Å². The van der Waals surface area contributed by atoms with Crippen molar-refractivity contribution in [3.63, 3.8) is 0 Å². The van der Waals surface area contributed by atoms with Crippen LogP contribution in [0.2, 0.25) is 0 Å². The van der Waals surface area contributed by atoms with Crippen LogP contribution in [0.1, 0.15) is 35.6 Å². The first-order chi connectivity index (χ1) is 13.6. The third-order valence-electron chi connectivity index (χ3n) is 5.89. The highest BCUT2D eigenvalue weighted by Gasteiger charge is 2.31. The van der Waals surface area contributed by atoms with E-state index in [1.165, 1.54) is 28.3 Å². The molecule has 0 aliphatic carbocycles. The van der Waals surface area contributed by atoms with Gasteiger partial charge in [0.15, 0.2) is 0 Å². The van der Waals surface area contributed by atoms with E-state index in [1.54, 1.807) is 0 Å². The molecule has 5 heteroatoms. The molecule has 0 bridgehead atoms. The number of rotatable bonds is 3. The molecule has 1 atom stereocenters. The summed E-state index contributed by atoms with van der Waals surface area (Å²) in [6.45, 7) is 7.23. The summed E-state index contributed by atoms with van der Waals surface area (Å²) in [6, 6.07) is 15.0. The predicted octanol–water partition coefficient (Wildman–Crippen LogP) is 5.23. The largest absolute Gasteiger partial charge is 0.370 e. The highest BCUT2D eigenvalue weighted by Crippen LogP contribution is 2.34. The third kappa shape index (κ3) is 4.00. The fourth-order valence-corrected chi connectivity index (χ4v) is 5.19. The highest BCUT2D eigenvalue weighted by molar-refractivity contribution is 7.99. The van der Waals surface area contributed by atoms with Crippen molar-refractivity contribution in [1.82, 2.24) is 4.90 Å². The van der Waals surface area contributed by atoms with Gasteiger partial charge in [-0.1, -0.05) is 24.3 Å². The standard InChI is InChI=1S/C23H29N3OS/c1-17-6-3-4-7-20(17)22-8-5-11-26(22)23(27)24-21-10-9-19(16-18(21)2)25-12-14-28-15-13-25/h3-4,6-7,9-10,16,22H,5,8,11-15H2,1-2H3,(H,24,27)/t22-/m1/s1. The summed E-state index contributed by atoms with van der Waals surface area (Å²) < 4.78 is 0. The van der Waals surface area contributed by atoms with Crippen molar-refractivity contribution < 1.29 is 4.79 Å². The van der Waals surface area contributed by atoms with Crippen LogP contribution in [0, 0.1) is 13.8 Å². The Bertz CT molecular complexity index is 847. The van der Waals surface area contributed by atoms with Crippen LogP contribution in [-0.4, -0.2) is 42.1 Å². The van der Waals surface area contributed by atoms with Gasteiger partial charge in [0.2, 0.25) is 0 Å². The number of hydrogen-bond donors (Lipinski definition) is 1. The summed E-state index contributed by atoms with van der Waals surface area (Å²) >= 11 is 2.02. The fourth-order valence-electron chi connectivity index (χ4n) is 4.29. The monoisotopic (exact) mass is 395 g/mol. The molecule has 2 aliphatic rings. The molecule has 0 saturated carbocycles. The molecular formula is C23H29N3OS. The maximum Gasteiger partial charge on any atom is 0.322 e. The Morgan fingerprint density at radius 3 is 2.57 bits per heavy atom. The molecule has 28 heavy (non-hydrogen) atoms. The Morgan fingerprint density at radius 1 is 1.04 bits per heavy atom. The van der Waals surface area contributed by atoms with Gasteiger partial charge in [0, 0.05) is 42.5 Å². The van der Waals surface area contributed by atoms with Crippen molar-refractivity contribution in [1.29, 1.82) is 0 Å². The molecule has 1 N–H and O–H groups in total. The van der Waals surface area contributed by atoms with E-state index < -0.39 is 0 Å². The number of aryl methyl sites for hydroxylation is 2. The van der Waals surface area contributed by atoms with E-state index in [0.717, 1.165) is 43.7 Å². The lowest BCUT2D eigenvalue weighted by Crippen LogP contribution is -2.35. The van der Waals surface area contributed by atoms with Gasteiger partial charge in [-0.05, 0) is 61.6 Å². The molecule has 0 aromatic heterocycles. The second-order valence-corrected chi connectivity index (χ2v) is 8.96. The maximum absolute atomic E-state index is 13.1. The molecule has 2 aliphatic heterocycles. The maximum atomic E-state index is 13.1. The Morgan fingerprint density at radius 2 is 1.82 bits per heavy atom. The Balaban J connectivity index is 1.47. The minimum Gasteiger partial charge on any atom is -0.370 e. The summed E-state index contributed by atoms with van der Waals surface area (Å²) in [7, 11) is 0. The molecular weight excluding hydrogens is 366 g/mol. The fraction of sp³-hybridized carbons (Fsp3) is 0.435. The predicted molar refractivity (Wildman–Crippen MR) is 120 cm³/mol. The van der Waals surface area contributed by atoms with Gasteiger partial charge in [-0.3, -0.25) is 0 Å². The lowest BCUT2D eigenvalue weighted by atomic mass is 9.99. The van der Waals surface area contributed by atoms with Crippen LogP contribution >= 0.6 is 11.8 Å². The smallest absolute Gasteiger partial charge is 0.322 e. The van der Waals surface area contributed by atoms with Crippen LogP contribution in [0.5, 0.6) is 0 Å². The van der Waals surface area contributed by atoms with E-state index in [-0.39, 0.29) is 12.1 Å². The normalized spacial score (nSPS) is 19.7. The number of anilines is 2. The van der Waals surface area contributed by atoms with E-state index in [0.29, 0.717) is 0 Å². The second-order valence-electron chi connectivity index (χ2n) is 7.74. The van der Waals surface area contributed by atoms with E-state index in [9.17, 15) is 4.79 Å². The molecule has 2 saturated heterocycles. The van der Waals surface area contributed by atoms with Crippen molar-refractivity contribution in [2.75, 3.05) is 41.4 Å². The van der Waals surface area contributed by atoms with Gasteiger partial charge in [-0.2, -0.15) is 11.8 Å². The lowest BCUT2D eigenvalue weighted by molar-refractivity contribution is 0.207. The van der Waals surface area contributed by atoms with Gasteiger partial charge >= 0.3 is 6.03 Å². The van der Waals surface area contributed by atoms with Gasteiger partial charge < -0.3 is 15.1 Å². The number of amides is 2. The van der Waals surface area contributed by atoms with Gasteiger partial charge in [0.05, 0.1) is 6.04 Å². The van der Waals surface area contributed by atoms with Gasteiger partial charge in [-0.15, -0.1) is 0 Å². The summed E-state index contributed by atoms with van der Waals surface area (Å²) in [5.74, 6) is 2.37. The molecule has 2 aromatic carbocycles. The molecule has 2 heterocycles. The van der Waals surface area contributed by atoms with E-state index in [1.807, 2.05) is 16.7 Å². The third-order valence-corrected chi connectivity index (χ3v) is 6.83. The minimum atomic E-state index is 0.0102. The molecule has 2 amide bonds. The summed E-state index contributed by atoms with van der Waals surface area (Å²) in [5, 5.41) is 3.17. The summed E-state index contributed by atoms with van der Waals surface area (Å²) in [5.41, 5.74) is 5.82. The Kier molecular flexibility index (Phi) is 5.81. The second kappa shape index (κ2) is 8.48. The Hall–Kier alpha value is -2.14. The van der Waals surface area contributed by atoms with Gasteiger partial charge in [0.1, 0.15) is 0 Å². The highest BCUT2D eigenvalue weighted by atomic mass is 32.2. The molecule has 0 unspecified atom stereocenters. The van der Waals surface area contributed by atoms with E-state index >= 15 is 0 Å². The van der Waals surface area contributed by atoms with Crippen LogP contribution in [0.3, 0.4) is 0 Å². The Labute approximate surface area is 172 Å². The number of nitrogens with zero attached hydrogens (tertiary/aromatic N) is 2. The first-order valence-corrected chi connectivity index (χ1v) is 11.4. The molecule has 0 spiro atoms. The molecule has 4 rings (SSSR count). The number of hydrogen-bond acceptors (Lipinski definition) is 3. The van der Waals surface area contributed by atoms with Gasteiger partial charge in [-0.25, -0.2) is 4.79 Å². The first-order valence-electron chi connectivity index (χ1n) is 10.2. The summed E-state index contributed by atoms with van der Waals surface area (Å²) in [4.78, 5) is 17.5. The average Bonchev–Trinajstić information content (AvgIpc) is 3.20. The summed E-state index contributed by atoms with van der Waals surface area (Å²) in [6.07, 6.45) is 2.08. The van der Waals surface area contributed by atoms with E-state index in [4.69, 9.17) is 0 Å². The number of urea groups is 1. The first kappa shape index (κ1) is 19.2. The number of nitrogens with one attached hydrogen (secondary N) is 1. The van der Waals surface area contributed by atoms with Crippen molar-refractivity contribution in [2.45, 2.75) is 32.7 Å². The number of likely N-dealkylation sites (tertiary alicyclic amines) is 1. The SMILES string of the molecule is Cc1cc(N2CCSCC2)ccc1NC(=O)N1CCC[C@@H]1c1ccccc1C. The molecule has 0 radical (unpaired) electrons. The molecule has 2 fully saturated rings. The zero-order chi connectivity index (χ0) is 19.5. The van der Waals surface area contributed by atoms with Crippen molar-refractivity contribution in [3.05, 3.63) is 59.2 Å². The quantitative estimate of drug-likeness (QED) is 0.773. The number of thioether (sulfide) groups is 1. The zero-order valence-corrected chi connectivity index (χ0v) is 17.6. The van der Waals surface area contributed by atoms with E-state index in [2.05, 4.69) is 66.5 Å². The number of benzene rings is 2. The average molecular weight is 396 g/mol. The topological polar surface area (TPSA) is 35.6 Å². The number of carbonyl (C=O) groups is 1. The number of carbonyl (C=O) groups excluding carboxylic acids is 1.